The molecule has 114 valence electrons. The maximum absolute atomic E-state index is 12.2. The third-order valence-corrected chi connectivity index (χ3v) is 3.80. The van der Waals surface area contributed by atoms with Crippen LogP contribution in [0.2, 0.25) is 0 Å². The average molecular weight is 286 g/mol. The zero-order valence-electron chi connectivity index (χ0n) is 12.6. The number of rotatable bonds is 6. The molecule has 6 nitrogen and oxygen atoms in total. The van der Waals surface area contributed by atoms with Gasteiger partial charge in [-0.25, -0.2) is 0 Å². The molecule has 0 spiro atoms. The van der Waals surface area contributed by atoms with Crippen LogP contribution in [-0.2, 0) is 28.6 Å². The molecule has 0 aromatic carbocycles. The second-order valence-electron chi connectivity index (χ2n) is 5.16. The molecular formula is C14H22O6. The summed E-state index contributed by atoms with van der Waals surface area (Å²) in [5.74, 6) is -2.88. The lowest BCUT2D eigenvalue weighted by molar-refractivity contribution is -0.169. The molecule has 0 aromatic heterocycles. The van der Waals surface area contributed by atoms with Gasteiger partial charge in [0, 0.05) is 5.41 Å². The van der Waals surface area contributed by atoms with Crippen LogP contribution in [0.1, 0.15) is 34.6 Å². The SMILES string of the molecule is CCOC(=O)C1C(C)(C)C1(C(=O)OCC)C(=O)OCC. The third-order valence-electron chi connectivity index (χ3n) is 3.80. The smallest absolute Gasteiger partial charge is 0.325 e. The molecule has 1 saturated carbocycles. The number of esters is 3. The van der Waals surface area contributed by atoms with Gasteiger partial charge in [-0.1, -0.05) is 13.8 Å². The molecule has 0 aromatic rings. The second kappa shape index (κ2) is 5.81. The lowest BCUT2D eigenvalue weighted by atomic mass is 9.96. The van der Waals surface area contributed by atoms with Crippen LogP contribution >= 0.6 is 0 Å². The minimum Gasteiger partial charge on any atom is -0.466 e. The Balaban J connectivity index is 3.16. The molecular weight excluding hydrogens is 264 g/mol. The largest absolute Gasteiger partial charge is 0.466 e. The van der Waals surface area contributed by atoms with Crippen molar-refractivity contribution in [3.05, 3.63) is 0 Å². The van der Waals surface area contributed by atoms with E-state index in [1.165, 1.54) is 0 Å². The molecule has 0 bridgehead atoms. The molecule has 6 heteroatoms. The van der Waals surface area contributed by atoms with Gasteiger partial charge in [-0.2, -0.15) is 0 Å². The van der Waals surface area contributed by atoms with E-state index in [0.717, 1.165) is 0 Å². The number of hydrogen-bond donors (Lipinski definition) is 0. The van der Waals surface area contributed by atoms with Crippen molar-refractivity contribution in [2.24, 2.45) is 16.7 Å². The highest BCUT2D eigenvalue weighted by atomic mass is 16.6. The van der Waals surface area contributed by atoms with Gasteiger partial charge >= 0.3 is 17.9 Å². The fourth-order valence-electron chi connectivity index (χ4n) is 2.80. The molecule has 0 radical (unpaired) electrons. The Morgan fingerprint density at radius 2 is 1.25 bits per heavy atom. The minimum absolute atomic E-state index is 0.131. The maximum atomic E-state index is 12.2. The fourth-order valence-corrected chi connectivity index (χ4v) is 2.80. The Hall–Kier alpha value is -1.59. The Kier molecular flexibility index (Phi) is 4.78. The molecule has 0 saturated heterocycles. The van der Waals surface area contributed by atoms with E-state index in [4.69, 9.17) is 14.2 Å². The predicted molar refractivity (Wildman–Crippen MR) is 69.6 cm³/mol. The molecule has 0 aliphatic heterocycles. The summed E-state index contributed by atoms with van der Waals surface area (Å²) in [6.07, 6.45) is 0. The molecule has 0 N–H and O–H groups in total. The summed E-state index contributed by atoms with van der Waals surface area (Å²) < 4.78 is 14.9. The maximum Gasteiger partial charge on any atom is 0.325 e. The summed E-state index contributed by atoms with van der Waals surface area (Å²) in [5, 5.41) is 0. The normalized spacial score (nSPS) is 21.8. The van der Waals surface area contributed by atoms with Crippen LogP contribution in [0.3, 0.4) is 0 Å². The van der Waals surface area contributed by atoms with Crippen molar-refractivity contribution >= 4 is 17.9 Å². The Labute approximate surface area is 118 Å². The van der Waals surface area contributed by atoms with Crippen LogP contribution in [-0.4, -0.2) is 37.7 Å². The Bertz CT molecular complexity index is 394. The monoisotopic (exact) mass is 286 g/mol. The molecule has 1 rings (SSSR count). The summed E-state index contributed by atoms with van der Waals surface area (Å²) in [6.45, 7) is 8.75. The van der Waals surface area contributed by atoms with Crippen LogP contribution in [0.25, 0.3) is 0 Å². The van der Waals surface area contributed by atoms with Crippen LogP contribution in [0.4, 0.5) is 0 Å². The quantitative estimate of drug-likeness (QED) is 0.416. The van der Waals surface area contributed by atoms with Crippen LogP contribution in [0.15, 0.2) is 0 Å². The van der Waals surface area contributed by atoms with Crippen molar-refractivity contribution in [1.29, 1.82) is 0 Å². The van der Waals surface area contributed by atoms with E-state index in [0.29, 0.717) is 0 Å². The summed E-state index contributed by atoms with van der Waals surface area (Å²) in [7, 11) is 0. The second-order valence-corrected chi connectivity index (χ2v) is 5.16. The average Bonchev–Trinajstić information content (AvgIpc) is 2.88. The van der Waals surface area contributed by atoms with Crippen molar-refractivity contribution in [2.75, 3.05) is 19.8 Å². The van der Waals surface area contributed by atoms with E-state index >= 15 is 0 Å². The van der Waals surface area contributed by atoms with Gasteiger partial charge in [0.25, 0.3) is 0 Å². The molecule has 0 heterocycles. The van der Waals surface area contributed by atoms with Gasteiger partial charge in [0.05, 0.1) is 25.7 Å². The molecule has 1 aliphatic rings. The van der Waals surface area contributed by atoms with Gasteiger partial charge in [0.1, 0.15) is 0 Å². The lowest BCUT2D eigenvalue weighted by Crippen LogP contribution is -2.36. The number of carbonyl (C=O) groups is 3. The number of hydrogen-bond acceptors (Lipinski definition) is 6. The molecule has 1 fully saturated rings. The first-order valence-corrected chi connectivity index (χ1v) is 6.83. The first kappa shape index (κ1) is 16.5. The highest BCUT2D eigenvalue weighted by molar-refractivity contribution is 6.11. The molecule has 1 unspecified atom stereocenters. The van der Waals surface area contributed by atoms with Gasteiger partial charge in [-0.05, 0) is 20.8 Å². The van der Waals surface area contributed by atoms with Gasteiger partial charge in [0.15, 0.2) is 5.41 Å². The van der Waals surface area contributed by atoms with Gasteiger partial charge < -0.3 is 14.2 Å². The standard InChI is InChI=1S/C14H22O6/c1-6-18-10(15)9-13(4,5)14(9,11(16)19-7-2)12(17)20-8-3/h9H,6-8H2,1-5H3. The molecule has 20 heavy (non-hydrogen) atoms. The van der Waals surface area contributed by atoms with Crippen molar-refractivity contribution in [2.45, 2.75) is 34.6 Å². The van der Waals surface area contributed by atoms with Crippen molar-refractivity contribution in [3.8, 4) is 0 Å². The highest BCUT2D eigenvalue weighted by Crippen LogP contribution is 2.70. The third kappa shape index (κ3) is 2.17. The zero-order valence-corrected chi connectivity index (χ0v) is 12.6. The van der Waals surface area contributed by atoms with Crippen molar-refractivity contribution < 1.29 is 28.6 Å². The molecule has 1 aliphatic carbocycles. The molecule has 0 amide bonds. The minimum atomic E-state index is -1.59. The van der Waals surface area contributed by atoms with Crippen molar-refractivity contribution in [3.63, 3.8) is 0 Å². The van der Waals surface area contributed by atoms with Crippen LogP contribution in [0, 0.1) is 16.7 Å². The van der Waals surface area contributed by atoms with E-state index in [-0.39, 0.29) is 19.8 Å². The Morgan fingerprint density at radius 3 is 1.60 bits per heavy atom. The first-order valence-electron chi connectivity index (χ1n) is 6.83. The van der Waals surface area contributed by atoms with Crippen LogP contribution < -0.4 is 0 Å². The summed E-state index contributed by atoms with van der Waals surface area (Å²) >= 11 is 0. The lowest BCUT2D eigenvalue weighted by Gasteiger charge is -2.16. The topological polar surface area (TPSA) is 78.9 Å². The van der Waals surface area contributed by atoms with E-state index in [9.17, 15) is 14.4 Å². The summed E-state index contributed by atoms with van der Waals surface area (Å²) in [6, 6.07) is 0. The van der Waals surface area contributed by atoms with E-state index in [2.05, 4.69) is 0 Å². The van der Waals surface area contributed by atoms with Crippen molar-refractivity contribution in [1.82, 2.24) is 0 Å². The van der Waals surface area contributed by atoms with Gasteiger partial charge in [-0.3, -0.25) is 14.4 Å². The molecule has 1 atom stereocenters. The predicted octanol–water partition coefficient (Wildman–Crippen LogP) is 1.32. The fraction of sp³-hybridized carbons (Fsp3) is 0.786. The summed E-state index contributed by atoms with van der Waals surface area (Å²) in [4.78, 5) is 36.5. The number of ether oxygens (including phenoxy) is 3. The number of carbonyl (C=O) groups excluding carboxylic acids is 3. The first-order chi connectivity index (χ1) is 9.32. The highest BCUT2D eigenvalue weighted by Gasteiger charge is 2.85. The van der Waals surface area contributed by atoms with E-state index < -0.39 is 34.7 Å². The van der Waals surface area contributed by atoms with E-state index in [1.807, 2.05) is 0 Å². The summed E-state index contributed by atoms with van der Waals surface area (Å²) in [5.41, 5.74) is -2.47. The zero-order chi connectivity index (χ0) is 15.6. The van der Waals surface area contributed by atoms with Crippen LogP contribution in [0.5, 0.6) is 0 Å². The van der Waals surface area contributed by atoms with Gasteiger partial charge in [0.2, 0.25) is 0 Å². The van der Waals surface area contributed by atoms with E-state index in [1.54, 1.807) is 34.6 Å². The Morgan fingerprint density at radius 1 is 0.850 bits per heavy atom. The van der Waals surface area contributed by atoms with Gasteiger partial charge in [-0.15, -0.1) is 0 Å².